The fraction of sp³-hybridized carbons (Fsp3) is 0.625. The van der Waals surface area contributed by atoms with Gasteiger partial charge in [0.05, 0.1) is 25.6 Å². The molecule has 5 N–H and O–H groups in total. The Hall–Kier alpha value is -2.02. The van der Waals surface area contributed by atoms with Gasteiger partial charge < -0.3 is 30.3 Å². The molecule has 5 atom stereocenters. The number of aliphatic imine (C=N–C) groups is 1. The predicted molar refractivity (Wildman–Crippen MR) is 93.4 cm³/mol. The number of aromatic nitrogens is 4. The maximum absolute atomic E-state index is 10.2. The van der Waals surface area contributed by atoms with Crippen molar-refractivity contribution >= 4 is 22.7 Å². The second-order valence-corrected chi connectivity index (χ2v) is 6.47. The molecule has 0 aromatic carbocycles. The summed E-state index contributed by atoms with van der Waals surface area (Å²) in [6, 6.07) is 0. The molecule has 1 aliphatic rings. The molecule has 11 nitrogen and oxygen atoms in total. The number of hydrogen-bond donors (Lipinski definition) is 5. The monoisotopic (exact) mass is 381 g/mol. The van der Waals surface area contributed by atoms with Crippen LogP contribution >= 0.6 is 0 Å². The van der Waals surface area contributed by atoms with Crippen molar-refractivity contribution in [2.75, 3.05) is 13.2 Å². The van der Waals surface area contributed by atoms with Gasteiger partial charge in [-0.15, -0.1) is 0 Å². The van der Waals surface area contributed by atoms with E-state index in [1.165, 1.54) is 17.2 Å². The van der Waals surface area contributed by atoms with Crippen LogP contribution in [0.4, 0.5) is 5.82 Å². The molecular formula is C16H23N5O6. The van der Waals surface area contributed by atoms with Crippen LogP contribution in [0.25, 0.3) is 11.2 Å². The van der Waals surface area contributed by atoms with E-state index in [1.54, 1.807) is 6.92 Å². The van der Waals surface area contributed by atoms with Crippen molar-refractivity contribution in [3.63, 3.8) is 0 Å². The molecule has 3 rings (SSSR count). The van der Waals surface area contributed by atoms with E-state index in [2.05, 4.69) is 19.9 Å². The minimum absolute atomic E-state index is 0.306. The van der Waals surface area contributed by atoms with Crippen LogP contribution in [0.5, 0.6) is 0 Å². The van der Waals surface area contributed by atoms with E-state index in [0.29, 0.717) is 35.5 Å². The molecule has 1 aliphatic heterocycles. The van der Waals surface area contributed by atoms with E-state index in [4.69, 9.17) is 9.84 Å². The Morgan fingerprint density at radius 1 is 1.26 bits per heavy atom. The van der Waals surface area contributed by atoms with E-state index in [9.17, 15) is 20.4 Å². The first kappa shape index (κ1) is 19.7. The molecule has 1 unspecified atom stereocenters. The molecule has 27 heavy (non-hydrogen) atoms. The number of hydrogen-bond acceptors (Lipinski definition) is 10. The summed E-state index contributed by atoms with van der Waals surface area (Å²) in [6.45, 7) is 1.05. The zero-order valence-corrected chi connectivity index (χ0v) is 14.8. The first-order valence-electron chi connectivity index (χ1n) is 8.59. The Morgan fingerprint density at radius 2 is 2.04 bits per heavy atom. The molecule has 1 fully saturated rings. The van der Waals surface area contributed by atoms with Crippen molar-refractivity contribution in [2.45, 2.75) is 50.4 Å². The molecule has 2 aromatic rings. The minimum Gasteiger partial charge on any atom is -0.394 e. The van der Waals surface area contributed by atoms with Crippen LogP contribution in [-0.2, 0) is 4.74 Å². The third-order valence-corrected chi connectivity index (χ3v) is 4.48. The molecule has 0 radical (unpaired) electrons. The summed E-state index contributed by atoms with van der Waals surface area (Å²) in [5, 5.41) is 47.7. The summed E-state index contributed by atoms with van der Waals surface area (Å²) in [6.07, 6.45) is -1.57. The summed E-state index contributed by atoms with van der Waals surface area (Å²) in [7, 11) is 0. The van der Waals surface area contributed by atoms with E-state index in [1.807, 2.05) is 0 Å². The van der Waals surface area contributed by atoms with Crippen molar-refractivity contribution in [2.24, 2.45) is 4.99 Å². The van der Waals surface area contributed by atoms with Gasteiger partial charge in [-0.3, -0.25) is 4.57 Å². The molecule has 0 spiro atoms. The van der Waals surface area contributed by atoms with Crippen LogP contribution < -0.4 is 0 Å². The average Bonchev–Trinajstić information content (AvgIpc) is 3.22. The molecule has 0 aliphatic carbocycles. The Bertz CT molecular complexity index is 812. The maximum Gasteiger partial charge on any atom is 0.183 e. The van der Waals surface area contributed by atoms with Crippen molar-refractivity contribution in [3.8, 4) is 0 Å². The maximum atomic E-state index is 10.2. The standard InChI is InChI=1S/C16H23N5O6/c1-8(2-3-9(24)4-22)20-14-11-15(18-6-17-14)21(7-19-11)16-13(26)12(25)10(5-23)27-16/h6-7,9-10,12-13,16,22-26H,2-5H2,1H3/t9?,10-,12-,13-,16-/m1/s1. The molecule has 0 saturated carbocycles. The summed E-state index contributed by atoms with van der Waals surface area (Å²) >= 11 is 0. The Labute approximate surface area is 154 Å². The second-order valence-electron chi connectivity index (χ2n) is 6.47. The lowest BCUT2D eigenvalue weighted by Gasteiger charge is -2.16. The van der Waals surface area contributed by atoms with Crippen molar-refractivity contribution in [1.29, 1.82) is 0 Å². The summed E-state index contributed by atoms with van der Waals surface area (Å²) in [5.74, 6) is 0.321. The van der Waals surface area contributed by atoms with Gasteiger partial charge >= 0.3 is 0 Å². The topological polar surface area (TPSA) is 166 Å². The van der Waals surface area contributed by atoms with Gasteiger partial charge in [0.25, 0.3) is 0 Å². The predicted octanol–water partition coefficient (Wildman–Crippen LogP) is -1.34. The molecule has 0 bridgehead atoms. The highest BCUT2D eigenvalue weighted by molar-refractivity contribution is 5.89. The number of imidazole rings is 1. The van der Waals surface area contributed by atoms with Crippen LogP contribution in [0.2, 0.25) is 0 Å². The highest BCUT2D eigenvalue weighted by atomic mass is 16.6. The Morgan fingerprint density at radius 3 is 2.70 bits per heavy atom. The molecule has 11 heteroatoms. The molecule has 3 heterocycles. The third-order valence-electron chi connectivity index (χ3n) is 4.48. The van der Waals surface area contributed by atoms with Gasteiger partial charge in [-0.05, 0) is 19.8 Å². The lowest BCUT2D eigenvalue weighted by Crippen LogP contribution is -2.33. The lowest BCUT2D eigenvalue weighted by atomic mass is 10.1. The van der Waals surface area contributed by atoms with Crippen LogP contribution in [0, 0.1) is 0 Å². The molecule has 148 valence electrons. The second kappa shape index (κ2) is 8.33. The smallest absolute Gasteiger partial charge is 0.183 e. The fourth-order valence-corrected chi connectivity index (χ4v) is 2.92. The highest BCUT2D eigenvalue weighted by Crippen LogP contribution is 2.32. The first-order chi connectivity index (χ1) is 13.0. The van der Waals surface area contributed by atoms with Gasteiger partial charge in [0, 0.05) is 5.71 Å². The third kappa shape index (κ3) is 3.98. The molecule has 1 saturated heterocycles. The zero-order valence-electron chi connectivity index (χ0n) is 14.8. The Balaban J connectivity index is 1.87. The number of ether oxygens (including phenoxy) is 1. The fourth-order valence-electron chi connectivity index (χ4n) is 2.92. The Kier molecular flexibility index (Phi) is 6.09. The normalized spacial score (nSPS) is 27.4. The lowest BCUT2D eigenvalue weighted by molar-refractivity contribution is -0.0511. The van der Waals surface area contributed by atoms with Crippen molar-refractivity contribution < 1.29 is 30.3 Å². The van der Waals surface area contributed by atoms with Gasteiger partial charge in [-0.2, -0.15) is 0 Å². The van der Waals surface area contributed by atoms with Gasteiger partial charge in [0.2, 0.25) is 0 Å². The number of aliphatic hydroxyl groups is 5. The number of aliphatic hydroxyl groups excluding tert-OH is 5. The molecule has 0 amide bonds. The summed E-state index contributed by atoms with van der Waals surface area (Å²) < 4.78 is 6.97. The van der Waals surface area contributed by atoms with Crippen LogP contribution in [0.15, 0.2) is 17.6 Å². The van der Waals surface area contributed by atoms with Gasteiger partial charge in [-0.25, -0.2) is 19.9 Å². The first-order valence-corrected chi connectivity index (χ1v) is 8.59. The van der Waals surface area contributed by atoms with Crippen molar-refractivity contribution in [1.82, 2.24) is 19.5 Å². The molecule has 2 aromatic heterocycles. The van der Waals surface area contributed by atoms with E-state index in [0.717, 1.165) is 0 Å². The minimum atomic E-state index is -1.25. The van der Waals surface area contributed by atoms with E-state index >= 15 is 0 Å². The van der Waals surface area contributed by atoms with Crippen LogP contribution in [0.1, 0.15) is 26.0 Å². The van der Waals surface area contributed by atoms with Gasteiger partial charge in [0.15, 0.2) is 23.2 Å². The van der Waals surface area contributed by atoms with E-state index in [-0.39, 0.29) is 6.61 Å². The zero-order chi connectivity index (χ0) is 19.6. The average molecular weight is 381 g/mol. The van der Waals surface area contributed by atoms with Crippen molar-refractivity contribution in [3.05, 3.63) is 12.7 Å². The van der Waals surface area contributed by atoms with Gasteiger partial charge in [0.1, 0.15) is 24.6 Å². The van der Waals surface area contributed by atoms with Crippen LogP contribution in [0.3, 0.4) is 0 Å². The largest absolute Gasteiger partial charge is 0.394 e. The number of rotatable bonds is 7. The van der Waals surface area contributed by atoms with Crippen LogP contribution in [-0.4, -0.2) is 88.4 Å². The number of nitrogens with zero attached hydrogens (tertiary/aromatic N) is 5. The summed E-state index contributed by atoms with van der Waals surface area (Å²) in [4.78, 5) is 16.9. The SMILES string of the molecule is CC(CCC(O)CO)=Nc1ncnc2c1ncn2[C@@H]1O[C@H](CO)[C@@H](O)[C@H]1O. The van der Waals surface area contributed by atoms with Gasteiger partial charge in [-0.1, -0.05) is 0 Å². The highest BCUT2D eigenvalue weighted by Gasteiger charge is 2.44. The molecular weight excluding hydrogens is 358 g/mol. The van der Waals surface area contributed by atoms with E-state index < -0.39 is 37.3 Å². The number of fused-ring (bicyclic) bond motifs is 1. The quantitative estimate of drug-likeness (QED) is 0.365. The summed E-state index contributed by atoms with van der Waals surface area (Å²) in [5.41, 5.74) is 1.45.